The van der Waals surface area contributed by atoms with E-state index in [1.54, 1.807) is 30.3 Å². The van der Waals surface area contributed by atoms with Gasteiger partial charge in [0.25, 0.3) is 0 Å². The number of aromatic nitrogens is 3. The fourth-order valence-electron chi connectivity index (χ4n) is 10.2. The van der Waals surface area contributed by atoms with Crippen molar-refractivity contribution >= 4 is 0 Å². The summed E-state index contributed by atoms with van der Waals surface area (Å²) in [5.74, 6) is 0. The minimum Gasteiger partial charge on any atom is -0.256 e. The molecule has 0 saturated carbocycles. The highest BCUT2D eigenvalue weighted by molar-refractivity contribution is 5.92. The van der Waals surface area contributed by atoms with E-state index in [9.17, 15) is 5.48 Å². The Balaban J connectivity index is 1.09. The normalized spacial score (nSPS) is 15.1. The molecule has 0 spiro atoms. The monoisotopic (exact) mass is 891 g/mol. The van der Waals surface area contributed by atoms with Crippen molar-refractivity contribution in [3.63, 3.8) is 0 Å². The van der Waals surface area contributed by atoms with Crippen molar-refractivity contribution in [2.45, 2.75) is 90.2 Å². The minimum atomic E-state index is -2.75. The zero-order chi connectivity index (χ0) is 53.1. The molecule has 336 valence electrons. The van der Waals surface area contributed by atoms with Gasteiger partial charge < -0.3 is 0 Å². The first kappa shape index (κ1) is 36.8. The molecule has 0 bridgehead atoms. The van der Waals surface area contributed by atoms with Crippen LogP contribution < -0.4 is 0 Å². The van der Waals surface area contributed by atoms with Gasteiger partial charge in [0.1, 0.15) is 0 Å². The zero-order valence-corrected chi connectivity index (χ0v) is 39.7. The molecular formula is C65H61N3. The summed E-state index contributed by atoms with van der Waals surface area (Å²) in [6.07, 6.45) is 0.840. The van der Waals surface area contributed by atoms with Crippen LogP contribution in [-0.2, 0) is 41.8 Å². The summed E-state index contributed by atoms with van der Waals surface area (Å²) in [6, 6.07) is 57.0. The quantitative estimate of drug-likeness (QED) is 0.116. The summed E-state index contributed by atoms with van der Waals surface area (Å²) in [5.41, 5.74) is 12.8. The van der Waals surface area contributed by atoms with Crippen LogP contribution in [0.5, 0.6) is 0 Å². The molecule has 0 aliphatic heterocycles. The summed E-state index contributed by atoms with van der Waals surface area (Å²) in [6.45, 7) is 10.5. The Morgan fingerprint density at radius 1 is 0.456 bits per heavy atom. The first-order valence-electron chi connectivity index (χ1n) is 27.1. The van der Waals surface area contributed by atoms with Gasteiger partial charge in [-0.3, -0.25) is 15.0 Å². The predicted molar refractivity (Wildman–Crippen MR) is 284 cm³/mol. The van der Waals surface area contributed by atoms with Gasteiger partial charge in [-0.25, -0.2) is 0 Å². The number of fused-ring (bicyclic) bond motifs is 3. The van der Waals surface area contributed by atoms with Crippen LogP contribution in [0.1, 0.15) is 101 Å². The molecule has 0 N–H and O–H groups in total. The van der Waals surface area contributed by atoms with E-state index in [2.05, 4.69) is 77.9 Å². The average molecular weight is 891 g/mol. The lowest BCUT2D eigenvalue weighted by molar-refractivity contribution is 0.512. The fraction of sp³-hybridized carbons (Fsp3) is 0.215. The Morgan fingerprint density at radius 2 is 0.971 bits per heavy atom. The summed E-state index contributed by atoms with van der Waals surface area (Å²) < 4.78 is 66.4. The average Bonchev–Trinajstić information content (AvgIpc) is 3.64. The molecule has 3 heterocycles. The first-order chi connectivity index (χ1) is 35.6. The molecule has 0 saturated heterocycles. The van der Waals surface area contributed by atoms with Crippen LogP contribution in [-0.4, -0.2) is 15.0 Å². The van der Waals surface area contributed by atoms with Crippen LogP contribution in [0.25, 0.3) is 56.0 Å². The number of pyridine rings is 3. The van der Waals surface area contributed by atoms with Crippen LogP contribution in [0.2, 0.25) is 0 Å². The molecule has 9 aromatic rings. The Morgan fingerprint density at radius 3 is 1.56 bits per heavy atom. The molecule has 3 nitrogen and oxygen atoms in total. The second kappa shape index (κ2) is 18.1. The van der Waals surface area contributed by atoms with Crippen LogP contribution in [0.4, 0.5) is 0 Å². The van der Waals surface area contributed by atoms with Gasteiger partial charge in [-0.2, -0.15) is 0 Å². The molecular weight excluding hydrogens is 823 g/mol. The highest BCUT2D eigenvalue weighted by Crippen LogP contribution is 2.52. The van der Waals surface area contributed by atoms with Gasteiger partial charge >= 0.3 is 0 Å². The number of rotatable bonds is 13. The number of nitrogens with zero attached hydrogens (tertiary/aromatic N) is 3. The van der Waals surface area contributed by atoms with Gasteiger partial charge in [-0.15, -0.1) is 0 Å². The summed E-state index contributed by atoms with van der Waals surface area (Å²) in [4.78, 5) is 14.7. The van der Waals surface area contributed by atoms with Crippen LogP contribution in [0.15, 0.2) is 195 Å². The van der Waals surface area contributed by atoms with Crippen LogP contribution >= 0.6 is 0 Å². The largest absolute Gasteiger partial charge is 0.256 e. The van der Waals surface area contributed by atoms with Crippen molar-refractivity contribution < 1.29 is 9.60 Å². The third kappa shape index (κ3) is 8.86. The van der Waals surface area contributed by atoms with Crippen molar-refractivity contribution in [2.24, 2.45) is 0 Å². The number of aryl methyl sites for hydroxylation is 3. The summed E-state index contributed by atoms with van der Waals surface area (Å²) in [5, 5.41) is 0. The fourth-order valence-corrected chi connectivity index (χ4v) is 10.2. The second-order valence-corrected chi connectivity index (χ2v) is 20.1. The van der Waals surface area contributed by atoms with E-state index < -0.39 is 30.4 Å². The van der Waals surface area contributed by atoms with E-state index in [1.807, 2.05) is 122 Å². The van der Waals surface area contributed by atoms with Crippen LogP contribution in [0.3, 0.4) is 0 Å². The highest BCUT2D eigenvalue weighted by Gasteiger charge is 2.37. The number of hydrogen-bond acceptors (Lipinski definition) is 3. The molecule has 0 fully saturated rings. The standard InChI is InChI=1S/C65H61N3/c1-44-19-14-15-24-53(44)56-38-61(55-26-18-28-58-62(55)54-25-16-17-27-57(54)65(58,6)7)66-41-50(56)30-29-45-35-46(39-63(2,3)51-31-33-59(67-42-51)48-20-10-8-11-21-48)37-47(36-45)40-64(4,5)52-32-34-60(68-43-52)49-22-12-9-13-23-49/h8-28,31-38,41-43H,29-30,39-40H2,1-7H3/i1D3,29D2,30D2. The lowest BCUT2D eigenvalue weighted by Gasteiger charge is -2.28. The van der Waals surface area contributed by atoms with E-state index in [0.29, 0.717) is 24.1 Å². The van der Waals surface area contributed by atoms with Gasteiger partial charge in [0, 0.05) is 50.3 Å². The molecule has 0 atom stereocenters. The summed E-state index contributed by atoms with van der Waals surface area (Å²) in [7, 11) is 0. The lowest BCUT2D eigenvalue weighted by atomic mass is 9.77. The van der Waals surface area contributed by atoms with E-state index in [-0.39, 0.29) is 27.7 Å². The molecule has 0 unspecified atom stereocenters. The van der Waals surface area contributed by atoms with E-state index in [4.69, 9.17) is 19.1 Å². The van der Waals surface area contributed by atoms with Crippen molar-refractivity contribution in [1.82, 2.24) is 15.0 Å². The lowest BCUT2D eigenvalue weighted by Crippen LogP contribution is -2.23. The van der Waals surface area contributed by atoms with E-state index >= 15 is 0 Å². The molecule has 0 radical (unpaired) electrons. The van der Waals surface area contributed by atoms with Gasteiger partial charge in [-0.05, 0) is 134 Å². The molecule has 1 aliphatic rings. The minimum absolute atomic E-state index is 0.0378. The van der Waals surface area contributed by atoms with Crippen molar-refractivity contribution in [3.8, 4) is 56.0 Å². The second-order valence-electron chi connectivity index (χ2n) is 20.1. The Hall–Kier alpha value is -7.23. The van der Waals surface area contributed by atoms with Crippen LogP contribution in [0, 0.1) is 6.85 Å². The number of benzene rings is 6. The summed E-state index contributed by atoms with van der Waals surface area (Å²) >= 11 is 0. The zero-order valence-electron chi connectivity index (χ0n) is 46.7. The number of hydrogen-bond donors (Lipinski definition) is 0. The highest BCUT2D eigenvalue weighted by atomic mass is 14.7. The third-order valence-electron chi connectivity index (χ3n) is 13.9. The maximum absolute atomic E-state index is 10.1. The molecule has 10 rings (SSSR count). The van der Waals surface area contributed by atoms with E-state index in [1.165, 1.54) is 11.8 Å². The molecule has 0 amide bonds. The Bertz CT molecular complexity index is 3430. The SMILES string of the molecule is [2H]C([2H])([2H])c1ccccc1-c1cc(-c2cccc3c2-c2ccccc2C3(C)C)ncc1C([2H])([2H])C([2H])([2H])c1cc(CC(C)(C)c2ccc(-c3ccccc3)nc2)cc(CC(C)(C)c2ccc(-c3ccccc3)nc2)c1. The molecule has 3 heteroatoms. The van der Waals surface area contributed by atoms with Gasteiger partial charge in [0.15, 0.2) is 0 Å². The smallest absolute Gasteiger partial charge is 0.0714 e. The van der Waals surface area contributed by atoms with Gasteiger partial charge in [0.05, 0.1) is 17.1 Å². The predicted octanol–water partition coefficient (Wildman–Crippen LogP) is 16.0. The van der Waals surface area contributed by atoms with Gasteiger partial charge in [-0.1, -0.05) is 199 Å². The molecule has 68 heavy (non-hydrogen) atoms. The molecule has 3 aromatic heterocycles. The molecule has 1 aliphatic carbocycles. The molecule has 6 aromatic carbocycles. The van der Waals surface area contributed by atoms with Crippen molar-refractivity contribution in [2.75, 3.05) is 0 Å². The first-order valence-corrected chi connectivity index (χ1v) is 23.6. The Kier molecular flexibility index (Phi) is 9.81. The van der Waals surface area contributed by atoms with Crippen molar-refractivity contribution in [1.29, 1.82) is 0 Å². The Labute approximate surface area is 413 Å². The van der Waals surface area contributed by atoms with Gasteiger partial charge in [0.2, 0.25) is 0 Å². The maximum atomic E-state index is 10.1. The van der Waals surface area contributed by atoms with E-state index in [0.717, 1.165) is 67.0 Å². The topological polar surface area (TPSA) is 38.7 Å². The third-order valence-corrected chi connectivity index (χ3v) is 13.9. The van der Waals surface area contributed by atoms with Crippen molar-refractivity contribution in [3.05, 3.63) is 245 Å². The maximum Gasteiger partial charge on any atom is 0.0714 e.